The highest BCUT2D eigenvalue weighted by molar-refractivity contribution is 14.0. The molecule has 2 rings (SSSR count). The maximum atomic E-state index is 12.0. The van der Waals surface area contributed by atoms with Gasteiger partial charge in [0.2, 0.25) is 0 Å². The van der Waals surface area contributed by atoms with Crippen LogP contribution in [0.15, 0.2) is 29.3 Å². The van der Waals surface area contributed by atoms with Gasteiger partial charge in [-0.1, -0.05) is 18.5 Å². The number of halogens is 2. The zero-order valence-corrected chi connectivity index (χ0v) is 18.5. The van der Waals surface area contributed by atoms with Crippen LogP contribution in [-0.4, -0.2) is 61.0 Å². The number of nitrogens with zero attached hydrogens (tertiary/aromatic N) is 2. The van der Waals surface area contributed by atoms with E-state index in [2.05, 4.69) is 27.4 Å². The molecule has 5 nitrogen and oxygen atoms in total. The first kappa shape index (κ1) is 22.4. The summed E-state index contributed by atoms with van der Waals surface area (Å²) in [5.41, 5.74) is 0.614. The lowest BCUT2D eigenvalue weighted by molar-refractivity contribution is 0.0954. The van der Waals surface area contributed by atoms with Crippen LogP contribution in [0, 0.1) is 0 Å². The molecule has 1 aliphatic rings. The molecule has 25 heavy (non-hydrogen) atoms. The van der Waals surface area contributed by atoms with Gasteiger partial charge in [-0.25, -0.2) is 0 Å². The maximum Gasteiger partial charge on any atom is 0.251 e. The number of carbonyl (C=O) groups excluding carboxylic acids is 1. The summed E-state index contributed by atoms with van der Waals surface area (Å²) in [5.74, 6) is 1.95. The van der Waals surface area contributed by atoms with Gasteiger partial charge >= 0.3 is 0 Å². The van der Waals surface area contributed by atoms with Gasteiger partial charge in [-0.2, -0.15) is 11.8 Å². The van der Waals surface area contributed by atoms with Crippen molar-refractivity contribution < 1.29 is 4.79 Å². The molecule has 0 radical (unpaired) electrons. The Kier molecular flexibility index (Phi) is 10.6. The summed E-state index contributed by atoms with van der Waals surface area (Å²) in [7, 11) is 1.80. The number of benzene rings is 1. The van der Waals surface area contributed by atoms with E-state index in [9.17, 15) is 4.79 Å². The van der Waals surface area contributed by atoms with Crippen molar-refractivity contribution in [2.24, 2.45) is 4.99 Å². The van der Waals surface area contributed by atoms with Crippen molar-refractivity contribution in [2.75, 3.05) is 39.0 Å². The molecule has 0 saturated carbocycles. The van der Waals surface area contributed by atoms with E-state index in [0.717, 1.165) is 24.8 Å². The lowest BCUT2D eigenvalue weighted by atomic mass is 10.2. The average molecular weight is 497 g/mol. The molecule has 0 spiro atoms. The highest BCUT2D eigenvalue weighted by atomic mass is 127. The second-order valence-electron chi connectivity index (χ2n) is 5.58. The molecule has 1 saturated heterocycles. The van der Waals surface area contributed by atoms with Gasteiger partial charge in [-0.15, -0.1) is 24.0 Å². The molecule has 1 aliphatic heterocycles. The molecule has 1 fully saturated rings. The number of hydrogen-bond donors (Lipinski definition) is 2. The van der Waals surface area contributed by atoms with Crippen molar-refractivity contribution in [3.05, 3.63) is 34.9 Å². The van der Waals surface area contributed by atoms with E-state index in [4.69, 9.17) is 11.6 Å². The highest BCUT2D eigenvalue weighted by Gasteiger charge is 2.21. The predicted octanol–water partition coefficient (Wildman–Crippen LogP) is 3.09. The first-order valence-corrected chi connectivity index (χ1v) is 9.67. The third-order valence-corrected chi connectivity index (χ3v) is 5.53. The van der Waals surface area contributed by atoms with E-state index in [1.54, 1.807) is 31.3 Å². The summed E-state index contributed by atoms with van der Waals surface area (Å²) in [6.45, 7) is 5.45. The van der Waals surface area contributed by atoms with Crippen LogP contribution in [0.5, 0.6) is 0 Å². The second-order valence-corrected chi connectivity index (χ2v) is 7.43. The van der Waals surface area contributed by atoms with Crippen molar-refractivity contribution in [3.8, 4) is 0 Å². The fourth-order valence-electron chi connectivity index (χ4n) is 2.54. The molecule has 0 aromatic heterocycles. The van der Waals surface area contributed by atoms with Crippen LogP contribution < -0.4 is 10.6 Å². The average Bonchev–Trinajstić information content (AvgIpc) is 2.62. The first-order valence-electron chi connectivity index (χ1n) is 8.25. The Bertz CT molecular complexity index is 570. The Balaban J connectivity index is 0.00000312. The Morgan fingerprint density at radius 2 is 2.00 bits per heavy atom. The van der Waals surface area contributed by atoms with Gasteiger partial charge in [0.25, 0.3) is 5.91 Å². The zero-order chi connectivity index (χ0) is 17.4. The van der Waals surface area contributed by atoms with Crippen LogP contribution in [0.4, 0.5) is 0 Å². The molecule has 1 unspecified atom stereocenters. The minimum atomic E-state index is -0.0936. The summed E-state index contributed by atoms with van der Waals surface area (Å²) < 4.78 is 0. The van der Waals surface area contributed by atoms with Crippen molar-refractivity contribution >= 4 is 59.2 Å². The molecule has 0 aliphatic carbocycles. The Labute approximate surface area is 176 Å². The standard InChI is InChI=1S/C17H25ClN4OS.HI/c1-3-15-12-22(10-11-24-15)17(19-2)21-9-8-20-16(23)13-4-6-14(18)7-5-13;/h4-7,15H,3,8-12H2,1-2H3,(H,19,21)(H,20,23);1H. The minimum Gasteiger partial charge on any atom is -0.354 e. The van der Waals surface area contributed by atoms with Crippen molar-refractivity contribution in [1.29, 1.82) is 0 Å². The fraction of sp³-hybridized carbons (Fsp3) is 0.529. The summed E-state index contributed by atoms with van der Waals surface area (Å²) in [4.78, 5) is 18.7. The molecular weight excluding hydrogens is 471 g/mol. The van der Waals surface area contributed by atoms with Crippen LogP contribution in [0.25, 0.3) is 0 Å². The number of hydrogen-bond acceptors (Lipinski definition) is 3. The summed E-state index contributed by atoms with van der Waals surface area (Å²) >= 11 is 7.86. The predicted molar refractivity (Wildman–Crippen MR) is 119 cm³/mol. The Morgan fingerprint density at radius 3 is 2.64 bits per heavy atom. The second kappa shape index (κ2) is 11.9. The molecular formula is C17H26ClIN4OS. The third kappa shape index (κ3) is 7.22. The maximum absolute atomic E-state index is 12.0. The largest absolute Gasteiger partial charge is 0.354 e. The van der Waals surface area contributed by atoms with Crippen LogP contribution >= 0.6 is 47.3 Å². The summed E-state index contributed by atoms with van der Waals surface area (Å²) in [6.07, 6.45) is 1.18. The van der Waals surface area contributed by atoms with Crippen molar-refractivity contribution in [1.82, 2.24) is 15.5 Å². The van der Waals surface area contributed by atoms with Gasteiger partial charge in [0, 0.05) is 54.8 Å². The molecule has 1 heterocycles. The lowest BCUT2D eigenvalue weighted by Crippen LogP contribution is -2.49. The molecule has 2 N–H and O–H groups in total. The number of thioether (sulfide) groups is 1. The SMILES string of the molecule is CCC1CN(C(=NC)NCCNC(=O)c2ccc(Cl)cc2)CCS1.I. The molecule has 1 aromatic rings. The van der Waals surface area contributed by atoms with Gasteiger partial charge < -0.3 is 15.5 Å². The fourth-order valence-corrected chi connectivity index (χ4v) is 3.85. The molecule has 1 atom stereocenters. The topological polar surface area (TPSA) is 56.7 Å². The molecule has 1 aromatic carbocycles. The third-order valence-electron chi connectivity index (χ3n) is 3.91. The monoisotopic (exact) mass is 496 g/mol. The minimum absolute atomic E-state index is 0. The molecule has 0 bridgehead atoms. The van der Waals surface area contributed by atoms with Crippen LogP contribution in [-0.2, 0) is 0 Å². The van der Waals surface area contributed by atoms with Crippen molar-refractivity contribution in [3.63, 3.8) is 0 Å². The zero-order valence-electron chi connectivity index (χ0n) is 14.6. The first-order chi connectivity index (χ1) is 11.6. The molecule has 8 heteroatoms. The van der Waals surface area contributed by atoms with Gasteiger partial charge in [0.05, 0.1) is 0 Å². The van der Waals surface area contributed by atoms with E-state index < -0.39 is 0 Å². The normalized spacial score (nSPS) is 17.6. The quantitative estimate of drug-likeness (QED) is 0.285. The number of amides is 1. The van der Waals surface area contributed by atoms with Crippen LogP contribution in [0.3, 0.4) is 0 Å². The van der Waals surface area contributed by atoms with E-state index in [1.165, 1.54) is 6.42 Å². The Morgan fingerprint density at radius 1 is 1.32 bits per heavy atom. The Hall–Kier alpha value is -0.670. The number of carbonyl (C=O) groups is 1. The van der Waals surface area contributed by atoms with Gasteiger partial charge in [0.1, 0.15) is 0 Å². The number of aliphatic imine (C=N–C) groups is 1. The summed E-state index contributed by atoms with van der Waals surface area (Å²) in [6, 6.07) is 6.88. The smallest absolute Gasteiger partial charge is 0.251 e. The molecule has 1 amide bonds. The lowest BCUT2D eigenvalue weighted by Gasteiger charge is -2.34. The van der Waals surface area contributed by atoms with Gasteiger partial charge in [-0.05, 0) is 30.7 Å². The number of guanidine groups is 1. The van der Waals surface area contributed by atoms with Crippen molar-refractivity contribution in [2.45, 2.75) is 18.6 Å². The van der Waals surface area contributed by atoms with Gasteiger partial charge in [-0.3, -0.25) is 9.79 Å². The van der Waals surface area contributed by atoms with Gasteiger partial charge in [0.15, 0.2) is 5.96 Å². The van der Waals surface area contributed by atoms with Crippen LogP contribution in [0.1, 0.15) is 23.7 Å². The van der Waals surface area contributed by atoms with E-state index in [1.807, 2.05) is 11.8 Å². The summed E-state index contributed by atoms with van der Waals surface area (Å²) in [5, 5.41) is 7.52. The van der Waals surface area contributed by atoms with E-state index >= 15 is 0 Å². The van der Waals surface area contributed by atoms with Crippen LogP contribution in [0.2, 0.25) is 5.02 Å². The molecule has 140 valence electrons. The number of rotatable bonds is 5. The van der Waals surface area contributed by atoms with E-state index in [0.29, 0.717) is 28.9 Å². The highest BCUT2D eigenvalue weighted by Crippen LogP contribution is 2.20. The van der Waals surface area contributed by atoms with E-state index in [-0.39, 0.29) is 29.9 Å². The number of nitrogens with one attached hydrogen (secondary N) is 2.